The lowest BCUT2D eigenvalue weighted by molar-refractivity contribution is -0.142. The number of carbonyl (C=O) groups is 1. The SMILES string of the molecule is C[C@H]1CN(CCC(C(=O)O)C2CC2)CC[C@H]1/C=C\c1ccccc1. The van der Waals surface area contributed by atoms with Crippen molar-refractivity contribution in [2.24, 2.45) is 23.7 Å². The Morgan fingerprint density at radius 1 is 1.29 bits per heavy atom. The van der Waals surface area contributed by atoms with Crippen molar-refractivity contribution in [2.45, 2.75) is 32.6 Å². The highest BCUT2D eigenvalue weighted by Crippen LogP contribution is 2.39. The second kappa shape index (κ2) is 7.98. The van der Waals surface area contributed by atoms with Crippen LogP contribution < -0.4 is 0 Å². The molecule has 1 saturated heterocycles. The van der Waals surface area contributed by atoms with Gasteiger partial charge in [-0.25, -0.2) is 0 Å². The first-order valence-electron chi connectivity index (χ1n) is 9.32. The number of likely N-dealkylation sites (tertiary alicyclic amines) is 1. The highest BCUT2D eigenvalue weighted by molar-refractivity contribution is 5.70. The third kappa shape index (κ3) is 4.70. The molecule has 1 unspecified atom stereocenters. The molecule has 0 amide bonds. The van der Waals surface area contributed by atoms with Crippen LogP contribution in [0.15, 0.2) is 36.4 Å². The van der Waals surface area contributed by atoms with Crippen molar-refractivity contribution in [3.63, 3.8) is 0 Å². The van der Waals surface area contributed by atoms with Crippen LogP contribution in [-0.4, -0.2) is 35.6 Å². The normalized spacial score (nSPS) is 26.5. The zero-order chi connectivity index (χ0) is 16.9. The van der Waals surface area contributed by atoms with E-state index in [1.807, 2.05) is 6.07 Å². The lowest BCUT2D eigenvalue weighted by Gasteiger charge is -2.36. The number of hydrogen-bond donors (Lipinski definition) is 1. The molecule has 1 heterocycles. The number of aliphatic carboxylic acids is 1. The second-order valence-electron chi connectivity index (χ2n) is 7.57. The van der Waals surface area contributed by atoms with Gasteiger partial charge in [0.2, 0.25) is 0 Å². The molecule has 130 valence electrons. The summed E-state index contributed by atoms with van der Waals surface area (Å²) in [4.78, 5) is 13.8. The first kappa shape index (κ1) is 17.2. The van der Waals surface area contributed by atoms with Crippen molar-refractivity contribution in [1.29, 1.82) is 0 Å². The third-order valence-electron chi connectivity index (χ3n) is 5.66. The fourth-order valence-electron chi connectivity index (χ4n) is 3.92. The molecule has 1 aliphatic heterocycles. The number of benzene rings is 1. The van der Waals surface area contributed by atoms with E-state index >= 15 is 0 Å². The van der Waals surface area contributed by atoms with Crippen LogP contribution >= 0.6 is 0 Å². The van der Waals surface area contributed by atoms with E-state index in [9.17, 15) is 9.90 Å². The van der Waals surface area contributed by atoms with E-state index in [0.717, 1.165) is 38.9 Å². The predicted octanol–water partition coefficient (Wildman–Crippen LogP) is 4.16. The van der Waals surface area contributed by atoms with Gasteiger partial charge < -0.3 is 10.0 Å². The first-order chi connectivity index (χ1) is 11.6. The summed E-state index contributed by atoms with van der Waals surface area (Å²) in [5.74, 6) is 0.997. The van der Waals surface area contributed by atoms with Gasteiger partial charge in [-0.3, -0.25) is 4.79 Å². The van der Waals surface area contributed by atoms with Gasteiger partial charge in [0.25, 0.3) is 0 Å². The standard InChI is InChI=1S/C21H29NO2/c1-16-15-22(14-12-20(21(23)24)19-9-10-19)13-11-18(16)8-7-17-5-3-2-4-6-17/h2-8,16,18-20H,9-15H2,1H3,(H,23,24)/b8-7-/t16-,18+,20?/m0/s1. The lowest BCUT2D eigenvalue weighted by atomic mass is 9.86. The highest BCUT2D eigenvalue weighted by atomic mass is 16.4. The Balaban J connectivity index is 1.46. The molecule has 3 atom stereocenters. The van der Waals surface area contributed by atoms with Crippen molar-refractivity contribution in [2.75, 3.05) is 19.6 Å². The second-order valence-corrected chi connectivity index (χ2v) is 7.57. The van der Waals surface area contributed by atoms with Crippen molar-refractivity contribution >= 4 is 12.0 Å². The molecule has 0 bridgehead atoms. The minimum absolute atomic E-state index is 0.115. The summed E-state index contributed by atoms with van der Waals surface area (Å²) < 4.78 is 0. The topological polar surface area (TPSA) is 40.5 Å². The average Bonchev–Trinajstić information content (AvgIpc) is 3.40. The minimum Gasteiger partial charge on any atom is -0.481 e. The van der Waals surface area contributed by atoms with Crippen molar-refractivity contribution in [1.82, 2.24) is 4.90 Å². The fraction of sp³-hybridized carbons (Fsp3) is 0.571. The molecule has 3 rings (SSSR count). The van der Waals surface area contributed by atoms with E-state index in [-0.39, 0.29) is 5.92 Å². The summed E-state index contributed by atoms with van der Waals surface area (Å²) in [7, 11) is 0. The minimum atomic E-state index is -0.591. The van der Waals surface area contributed by atoms with Crippen LogP contribution in [0.5, 0.6) is 0 Å². The van der Waals surface area contributed by atoms with Gasteiger partial charge in [0.1, 0.15) is 0 Å². The highest BCUT2D eigenvalue weighted by Gasteiger charge is 2.36. The molecule has 3 heteroatoms. The molecule has 1 aromatic carbocycles. The number of carboxylic acid groups (broad SMARTS) is 1. The van der Waals surface area contributed by atoms with Gasteiger partial charge in [-0.1, -0.05) is 49.4 Å². The van der Waals surface area contributed by atoms with E-state index in [0.29, 0.717) is 17.8 Å². The van der Waals surface area contributed by atoms with Gasteiger partial charge in [0.15, 0.2) is 0 Å². The van der Waals surface area contributed by atoms with Crippen molar-refractivity contribution < 1.29 is 9.90 Å². The van der Waals surface area contributed by atoms with Gasteiger partial charge in [-0.2, -0.15) is 0 Å². The molecule has 0 spiro atoms. The smallest absolute Gasteiger partial charge is 0.306 e. The number of rotatable bonds is 7. The summed E-state index contributed by atoms with van der Waals surface area (Å²) in [6.07, 6.45) is 8.81. The summed E-state index contributed by atoms with van der Waals surface area (Å²) in [5.41, 5.74) is 1.26. The van der Waals surface area contributed by atoms with E-state index in [4.69, 9.17) is 0 Å². The monoisotopic (exact) mass is 327 g/mol. The molecule has 2 aliphatic rings. The maximum Gasteiger partial charge on any atom is 0.306 e. The van der Waals surface area contributed by atoms with Gasteiger partial charge in [0, 0.05) is 6.54 Å². The average molecular weight is 327 g/mol. The first-order valence-corrected chi connectivity index (χ1v) is 9.32. The van der Waals surface area contributed by atoms with Crippen LogP contribution in [-0.2, 0) is 4.79 Å². The Morgan fingerprint density at radius 2 is 2.04 bits per heavy atom. The molecule has 1 aliphatic carbocycles. The van der Waals surface area contributed by atoms with Crippen molar-refractivity contribution in [3.8, 4) is 0 Å². The van der Waals surface area contributed by atoms with Gasteiger partial charge in [-0.15, -0.1) is 0 Å². The zero-order valence-electron chi connectivity index (χ0n) is 14.6. The summed E-state index contributed by atoms with van der Waals surface area (Å²) in [6, 6.07) is 10.5. The van der Waals surface area contributed by atoms with Gasteiger partial charge in [0.05, 0.1) is 5.92 Å². The molecule has 0 aromatic heterocycles. The van der Waals surface area contributed by atoms with Crippen LogP contribution in [0.25, 0.3) is 6.08 Å². The summed E-state index contributed by atoms with van der Waals surface area (Å²) in [5, 5.41) is 9.36. The number of piperidine rings is 1. The van der Waals surface area contributed by atoms with E-state index in [1.54, 1.807) is 0 Å². The van der Waals surface area contributed by atoms with Crippen molar-refractivity contribution in [3.05, 3.63) is 42.0 Å². The molecule has 2 fully saturated rings. The van der Waals surface area contributed by atoms with Crippen LogP contribution in [0.3, 0.4) is 0 Å². The summed E-state index contributed by atoms with van der Waals surface area (Å²) >= 11 is 0. The zero-order valence-corrected chi connectivity index (χ0v) is 14.6. The fourth-order valence-corrected chi connectivity index (χ4v) is 3.92. The third-order valence-corrected chi connectivity index (χ3v) is 5.66. The van der Waals surface area contributed by atoms with Crippen LogP contribution in [0.2, 0.25) is 0 Å². The molecule has 1 aromatic rings. The number of nitrogens with zero attached hydrogens (tertiary/aromatic N) is 1. The van der Waals surface area contributed by atoms with E-state index in [1.165, 1.54) is 12.0 Å². The molecule has 0 radical (unpaired) electrons. The Morgan fingerprint density at radius 3 is 2.67 bits per heavy atom. The lowest BCUT2D eigenvalue weighted by Crippen LogP contribution is -2.40. The van der Waals surface area contributed by atoms with E-state index < -0.39 is 5.97 Å². The maximum absolute atomic E-state index is 11.4. The van der Waals surface area contributed by atoms with E-state index in [2.05, 4.69) is 48.2 Å². The van der Waals surface area contributed by atoms with Crippen LogP contribution in [0.4, 0.5) is 0 Å². The van der Waals surface area contributed by atoms with Gasteiger partial charge >= 0.3 is 5.97 Å². The predicted molar refractivity (Wildman–Crippen MR) is 97.7 cm³/mol. The molecule has 3 nitrogen and oxygen atoms in total. The molecule has 1 saturated carbocycles. The molecule has 1 N–H and O–H groups in total. The Labute approximate surface area is 145 Å². The van der Waals surface area contributed by atoms with Crippen LogP contribution in [0, 0.1) is 23.7 Å². The van der Waals surface area contributed by atoms with Gasteiger partial charge in [-0.05, 0) is 62.1 Å². The largest absolute Gasteiger partial charge is 0.481 e. The quantitative estimate of drug-likeness (QED) is 0.817. The molecule has 24 heavy (non-hydrogen) atoms. The summed E-state index contributed by atoms with van der Waals surface area (Å²) in [6.45, 7) is 5.43. The maximum atomic E-state index is 11.4. The molecular formula is C21H29NO2. The Hall–Kier alpha value is -1.61. The Bertz CT molecular complexity index is 564. The number of hydrogen-bond acceptors (Lipinski definition) is 2. The van der Waals surface area contributed by atoms with Crippen LogP contribution in [0.1, 0.15) is 38.2 Å². The number of allylic oxidation sites excluding steroid dienone is 1. The Kier molecular flexibility index (Phi) is 5.72. The molecular weight excluding hydrogens is 298 g/mol. The number of carboxylic acids is 1.